The third kappa shape index (κ3) is 4.27. The van der Waals surface area contributed by atoms with Crippen molar-refractivity contribution in [3.63, 3.8) is 0 Å². The van der Waals surface area contributed by atoms with Crippen LogP contribution in [0.5, 0.6) is 11.5 Å². The molecule has 7 nitrogen and oxygen atoms in total. The summed E-state index contributed by atoms with van der Waals surface area (Å²) in [6, 6.07) is 14.3. The van der Waals surface area contributed by atoms with Gasteiger partial charge in [0.2, 0.25) is 0 Å². The van der Waals surface area contributed by atoms with Crippen LogP contribution in [0, 0.1) is 0 Å². The minimum atomic E-state index is -0.847. The Bertz CT molecular complexity index is 1230. The number of aromatic nitrogens is 1. The van der Waals surface area contributed by atoms with Crippen LogP contribution < -0.4 is 9.47 Å². The van der Waals surface area contributed by atoms with E-state index in [1.54, 1.807) is 60.9 Å². The number of ether oxygens (including phenoxy) is 2. The van der Waals surface area contributed by atoms with Crippen molar-refractivity contribution < 1.29 is 24.2 Å². The second kappa shape index (κ2) is 9.34. The lowest BCUT2D eigenvalue weighted by Crippen LogP contribution is -2.29. The van der Waals surface area contributed by atoms with Crippen LogP contribution in [0.1, 0.15) is 22.7 Å². The second-order valence-electron chi connectivity index (χ2n) is 7.41. The van der Waals surface area contributed by atoms with Gasteiger partial charge >= 0.3 is 0 Å². The van der Waals surface area contributed by atoms with Crippen molar-refractivity contribution in [2.24, 2.45) is 0 Å². The summed E-state index contributed by atoms with van der Waals surface area (Å²) in [6.45, 7) is 0.134. The van der Waals surface area contributed by atoms with Crippen molar-refractivity contribution in [3.8, 4) is 11.5 Å². The maximum atomic E-state index is 13.1. The molecule has 0 radical (unpaired) electrons. The van der Waals surface area contributed by atoms with Crippen molar-refractivity contribution in [1.29, 1.82) is 0 Å². The molecule has 2 heterocycles. The monoisotopic (exact) mass is 464 g/mol. The van der Waals surface area contributed by atoms with E-state index in [4.69, 9.17) is 21.1 Å². The summed E-state index contributed by atoms with van der Waals surface area (Å²) in [5, 5.41) is 11.6. The number of hydrogen-bond acceptors (Lipinski definition) is 6. The highest BCUT2D eigenvalue weighted by molar-refractivity contribution is 6.46. The van der Waals surface area contributed by atoms with Crippen molar-refractivity contribution >= 4 is 29.1 Å². The molecular formula is C25H21ClN2O5. The lowest BCUT2D eigenvalue weighted by molar-refractivity contribution is -0.140. The van der Waals surface area contributed by atoms with E-state index < -0.39 is 17.7 Å². The van der Waals surface area contributed by atoms with Gasteiger partial charge in [-0.05, 0) is 53.6 Å². The first kappa shape index (κ1) is 22.4. The molecule has 1 saturated heterocycles. The lowest BCUT2D eigenvalue weighted by Gasteiger charge is -2.26. The smallest absolute Gasteiger partial charge is 0.295 e. The molecule has 33 heavy (non-hydrogen) atoms. The molecule has 3 aromatic rings. The minimum Gasteiger partial charge on any atom is -0.507 e. The summed E-state index contributed by atoms with van der Waals surface area (Å²) in [6.07, 6.45) is 3.26. The Labute approximate surface area is 195 Å². The molecule has 0 bridgehead atoms. The Morgan fingerprint density at radius 3 is 2.42 bits per heavy atom. The van der Waals surface area contributed by atoms with E-state index in [1.165, 1.54) is 19.1 Å². The number of Topliss-reactive ketones (excluding diaryl/α,β-unsaturated/α-hetero) is 1. The van der Waals surface area contributed by atoms with E-state index in [2.05, 4.69) is 4.98 Å². The van der Waals surface area contributed by atoms with E-state index in [0.717, 1.165) is 5.56 Å². The van der Waals surface area contributed by atoms with Crippen molar-refractivity contribution in [1.82, 2.24) is 9.88 Å². The van der Waals surface area contributed by atoms with Gasteiger partial charge in [0.15, 0.2) is 11.5 Å². The SMILES string of the molecule is COc1ccc([C@H]2/C(=C(\O)c3ccc(Cl)cc3)C(=O)C(=O)N2Cc2cccnc2)cc1OC. The summed E-state index contributed by atoms with van der Waals surface area (Å²) in [5.74, 6) is -0.824. The minimum absolute atomic E-state index is 0.0153. The van der Waals surface area contributed by atoms with Gasteiger partial charge in [-0.25, -0.2) is 0 Å². The molecule has 168 valence electrons. The molecule has 0 saturated carbocycles. The third-order valence-electron chi connectivity index (χ3n) is 5.46. The van der Waals surface area contributed by atoms with Crippen molar-refractivity contribution in [3.05, 3.63) is 94.3 Å². The fourth-order valence-electron chi connectivity index (χ4n) is 3.86. The zero-order chi connectivity index (χ0) is 23.5. The lowest BCUT2D eigenvalue weighted by atomic mass is 9.95. The third-order valence-corrected chi connectivity index (χ3v) is 5.71. The fourth-order valence-corrected chi connectivity index (χ4v) is 3.99. The van der Waals surface area contributed by atoms with Crippen LogP contribution in [0.4, 0.5) is 0 Å². The second-order valence-corrected chi connectivity index (χ2v) is 7.85. The van der Waals surface area contributed by atoms with Gasteiger partial charge in [0, 0.05) is 29.5 Å². The number of hydrogen-bond donors (Lipinski definition) is 1. The maximum absolute atomic E-state index is 13.1. The maximum Gasteiger partial charge on any atom is 0.295 e. The highest BCUT2D eigenvalue weighted by atomic mass is 35.5. The molecular weight excluding hydrogens is 444 g/mol. The standard InChI is InChI=1S/C25H21ClN2O5/c1-32-19-10-7-17(12-20(19)33-2)22-21(23(29)16-5-8-18(26)9-6-16)24(30)25(31)28(22)14-15-4-3-11-27-13-15/h3-13,22,29H,14H2,1-2H3/b23-21+/t22-/m0/s1. The van der Waals surface area contributed by atoms with Gasteiger partial charge in [-0.1, -0.05) is 23.7 Å². The van der Waals surface area contributed by atoms with E-state index in [-0.39, 0.29) is 17.9 Å². The molecule has 0 spiro atoms. The van der Waals surface area contributed by atoms with Crippen LogP contribution in [0.3, 0.4) is 0 Å². The van der Waals surface area contributed by atoms with Gasteiger partial charge < -0.3 is 19.5 Å². The van der Waals surface area contributed by atoms with Crippen molar-refractivity contribution in [2.75, 3.05) is 14.2 Å². The molecule has 0 aliphatic carbocycles. The van der Waals surface area contributed by atoms with Gasteiger partial charge in [0.1, 0.15) is 5.76 Å². The first-order valence-electron chi connectivity index (χ1n) is 10.1. The van der Waals surface area contributed by atoms with Crippen LogP contribution in [0.25, 0.3) is 5.76 Å². The number of carbonyl (C=O) groups is 2. The zero-order valence-electron chi connectivity index (χ0n) is 18.0. The Kier molecular flexibility index (Phi) is 6.33. The number of pyridine rings is 1. The summed E-state index contributed by atoms with van der Waals surface area (Å²) in [7, 11) is 3.02. The first-order valence-corrected chi connectivity index (χ1v) is 10.5. The molecule has 1 N–H and O–H groups in total. The quantitative estimate of drug-likeness (QED) is 0.331. The molecule has 2 aromatic carbocycles. The fraction of sp³-hybridized carbons (Fsp3) is 0.160. The Hall–Kier alpha value is -3.84. The van der Waals surface area contributed by atoms with Crippen LogP contribution in [-0.2, 0) is 16.1 Å². The Balaban J connectivity index is 1.89. The topological polar surface area (TPSA) is 89.0 Å². The largest absolute Gasteiger partial charge is 0.507 e. The number of amides is 1. The van der Waals surface area contributed by atoms with Gasteiger partial charge in [0.25, 0.3) is 11.7 Å². The van der Waals surface area contributed by atoms with Crippen molar-refractivity contribution in [2.45, 2.75) is 12.6 Å². The average Bonchev–Trinajstić information content (AvgIpc) is 3.09. The van der Waals surface area contributed by atoms with Gasteiger partial charge in [-0.2, -0.15) is 0 Å². The average molecular weight is 465 g/mol. The van der Waals surface area contributed by atoms with Crippen LogP contribution >= 0.6 is 11.6 Å². The highest BCUT2D eigenvalue weighted by Crippen LogP contribution is 2.42. The molecule has 1 aromatic heterocycles. The number of methoxy groups -OCH3 is 2. The molecule has 1 aliphatic rings. The number of halogens is 1. The van der Waals surface area contributed by atoms with Gasteiger partial charge in [0.05, 0.1) is 25.8 Å². The number of aliphatic hydroxyl groups is 1. The number of aliphatic hydroxyl groups excluding tert-OH is 1. The number of benzene rings is 2. The number of likely N-dealkylation sites (tertiary alicyclic amines) is 1. The number of carbonyl (C=O) groups excluding carboxylic acids is 2. The van der Waals surface area contributed by atoms with Crippen LogP contribution in [0.15, 0.2) is 72.6 Å². The summed E-state index contributed by atoms with van der Waals surface area (Å²) >= 11 is 5.97. The summed E-state index contributed by atoms with van der Waals surface area (Å²) in [4.78, 5) is 31.8. The summed E-state index contributed by atoms with van der Waals surface area (Å²) in [5.41, 5.74) is 1.70. The van der Waals surface area contributed by atoms with Gasteiger partial charge in [-0.15, -0.1) is 0 Å². The molecule has 8 heteroatoms. The highest BCUT2D eigenvalue weighted by Gasteiger charge is 2.46. The summed E-state index contributed by atoms with van der Waals surface area (Å²) < 4.78 is 10.7. The van der Waals surface area contributed by atoms with E-state index in [1.807, 2.05) is 6.07 Å². The van der Waals surface area contributed by atoms with E-state index in [9.17, 15) is 14.7 Å². The molecule has 1 amide bonds. The number of nitrogens with zero attached hydrogens (tertiary/aromatic N) is 2. The molecule has 1 atom stereocenters. The van der Waals surface area contributed by atoms with Crippen LogP contribution in [0.2, 0.25) is 5.02 Å². The zero-order valence-corrected chi connectivity index (χ0v) is 18.7. The molecule has 0 unspecified atom stereocenters. The Morgan fingerprint density at radius 2 is 1.79 bits per heavy atom. The normalized spacial score (nSPS) is 17.3. The van der Waals surface area contributed by atoms with Crippen LogP contribution in [-0.4, -0.2) is 40.9 Å². The predicted molar refractivity (Wildman–Crippen MR) is 123 cm³/mol. The Morgan fingerprint density at radius 1 is 1.06 bits per heavy atom. The van der Waals surface area contributed by atoms with E-state index in [0.29, 0.717) is 27.6 Å². The first-order chi connectivity index (χ1) is 15.9. The molecule has 4 rings (SSSR count). The van der Waals surface area contributed by atoms with Gasteiger partial charge in [-0.3, -0.25) is 14.6 Å². The van der Waals surface area contributed by atoms with E-state index >= 15 is 0 Å². The molecule has 1 aliphatic heterocycles. The number of rotatable bonds is 6. The molecule has 1 fully saturated rings. The number of ketones is 1. The predicted octanol–water partition coefficient (Wildman–Crippen LogP) is 4.37.